The fraction of sp³-hybridized carbons (Fsp3) is 0.607. The van der Waals surface area contributed by atoms with Gasteiger partial charge in [0.05, 0.1) is 102 Å². The van der Waals surface area contributed by atoms with E-state index in [1.165, 1.54) is 57.5 Å². The summed E-state index contributed by atoms with van der Waals surface area (Å²) in [6.45, 7) is 6.39. The van der Waals surface area contributed by atoms with E-state index >= 15 is 0 Å². The molecule has 2 aromatic carbocycles. The van der Waals surface area contributed by atoms with E-state index in [0.29, 0.717) is 90.3 Å². The number of methoxy groups -OCH3 is 2. The largest absolute Gasteiger partial charge is 0.466 e. The molecule has 0 N–H and O–H groups in total. The van der Waals surface area contributed by atoms with Gasteiger partial charge >= 0.3 is 59.7 Å². The fourth-order valence-corrected chi connectivity index (χ4v) is 9.59. The van der Waals surface area contributed by atoms with E-state index in [9.17, 15) is 47.9 Å². The number of benzene rings is 2. The van der Waals surface area contributed by atoms with Gasteiger partial charge in [0.2, 0.25) is 0 Å². The van der Waals surface area contributed by atoms with Crippen LogP contribution in [0.15, 0.2) is 49.1 Å². The molecule has 24 heteroatoms. The lowest BCUT2D eigenvalue weighted by Crippen LogP contribution is -2.31. The molecule has 0 saturated heterocycles. The Labute approximate surface area is 494 Å². The van der Waals surface area contributed by atoms with Crippen LogP contribution in [0.2, 0.25) is 0 Å². The van der Waals surface area contributed by atoms with Crippen LogP contribution in [0.1, 0.15) is 130 Å². The van der Waals surface area contributed by atoms with Crippen LogP contribution < -0.4 is 18.9 Å². The zero-order chi connectivity index (χ0) is 61.3. The van der Waals surface area contributed by atoms with E-state index in [2.05, 4.69) is 6.58 Å². The molecule has 0 atom stereocenters. The summed E-state index contributed by atoms with van der Waals surface area (Å²) in [5, 5.41) is 0. The van der Waals surface area contributed by atoms with E-state index < -0.39 is 71.4 Å². The maximum Gasteiger partial charge on any atom is 0.342 e. The lowest BCUT2D eigenvalue weighted by atomic mass is 9.82. The molecular formula is C61H80O24. The Kier molecular flexibility index (Phi) is 30.6. The average Bonchev–Trinajstić information content (AvgIpc) is 3.07. The standard InChI is InChI=1S/C61H80O24/c1-5-53(63)77-27-7-9-29-79-55(65)42-12-16-44(17-13-42)57(67)83-48-23-25-52(50(39-48)61(71)81-37-35-75-33-31-73-4)85-59(69)46-20-18-45(19-21-46)58(68)84-51-24-22-47(38-49(51)60(70)80-36-34-74-32-30-72-3)82-56(66)43-14-10-41(11-15-43)54(64)78-28-8-6-26-76-40(2)62/h5,22-25,38-39,41-46H,1,6-21,26-37H2,2-4H3. The molecule has 3 aliphatic carbocycles. The number of carbonyl (C=O) groups is 10. The molecule has 468 valence electrons. The molecule has 5 rings (SSSR count). The molecule has 2 aromatic rings. The van der Waals surface area contributed by atoms with Crippen LogP contribution in [0, 0.1) is 35.5 Å². The smallest absolute Gasteiger partial charge is 0.342 e. The highest BCUT2D eigenvalue weighted by Gasteiger charge is 2.36. The Bertz CT molecular complexity index is 2530. The summed E-state index contributed by atoms with van der Waals surface area (Å²) in [5.74, 6) is -9.47. The van der Waals surface area contributed by atoms with E-state index in [-0.39, 0.29) is 150 Å². The predicted molar refractivity (Wildman–Crippen MR) is 296 cm³/mol. The summed E-state index contributed by atoms with van der Waals surface area (Å²) in [6.07, 6.45) is 7.01. The summed E-state index contributed by atoms with van der Waals surface area (Å²) in [7, 11) is 3.03. The van der Waals surface area contributed by atoms with Crippen LogP contribution in [-0.2, 0) is 85.7 Å². The number of carbonyl (C=O) groups excluding carboxylic acids is 10. The second-order valence-electron chi connectivity index (χ2n) is 20.6. The van der Waals surface area contributed by atoms with Crippen LogP contribution in [0.3, 0.4) is 0 Å². The Morgan fingerprint density at radius 2 is 0.706 bits per heavy atom. The first-order valence-electron chi connectivity index (χ1n) is 29.0. The van der Waals surface area contributed by atoms with E-state index in [1.54, 1.807) is 0 Å². The summed E-state index contributed by atoms with van der Waals surface area (Å²) in [6, 6.07) is 7.90. The zero-order valence-corrected chi connectivity index (χ0v) is 48.8. The van der Waals surface area contributed by atoms with Crippen LogP contribution in [0.5, 0.6) is 23.0 Å². The quantitative estimate of drug-likeness (QED) is 0.0220. The van der Waals surface area contributed by atoms with Crippen molar-refractivity contribution in [2.75, 3.05) is 93.5 Å². The Balaban J connectivity index is 1.15. The topological polar surface area (TPSA) is 300 Å². The molecule has 24 nitrogen and oxygen atoms in total. The van der Waals surface area contributed by atoms with Crippen molar-refractivity contribution < 1.29 is 114 Å². The monoisotopic (exact) mass is 1200 g/mol. The Morgan fingerprint density at radius 3 is 1.05 bits per heavy atom. The van der Waals surface area contributed by atoms with Crippen LogP contribution in [-0.4, -0.2) is 153 Å². The summed E-state index contributed by atoms with van der Waals surface area (Å²) in [5.41, 5.74) is -0.393. The van der Waals surface area contributed by atoms with E-state index in [1.807, 2.05) is 0 Å². The SMILES string of the molecule is C=CC(=O)OCCCCOC(=O)C1CCC(C(=O)Oc2ccc(OC(=O)C3CCC(C(=O)Oc4ccc(OC(=O)C5CCC(C(=O)OCCCCOC(C)=O)CC5)cc4C(=O)OCCOCCOC)CC3)c(C(=O)OCCOCCOC)c2)CC1. The molecule has 0 aliphatic heterocycles. The number of ether oxygens (including phenoxy) is 14. The molecule has 0 unspecified atom stereocenters. The summed E-state index contributed by atoms with van der Waals surface area (Å²) >= 11 is 0. The number of esters is 10. The van der Waals surface area contributed by atoms with Crippen LogP contribution >= 0.6 is 0 Å². The van der Waals surface area contributed by atoms with Crippen LogP contribution in [0.4, 0.5) is 0 Å². The minimum absolute atomic E-state index is 0.00582. The van der Waals surface area contributed by atoms with Crippen molar-refractivity contribution >= 4 is 59.7 Å². The number of hydrogen-bond donors (Lipinski definition) is 0. The minimum atomic E-state index is -0.883. The van der Waals surface area contributed by atoms with Crippen molar-refractivity contribution in [2.45, 2.75) is 110 Å². The first kappa shape index (κ1) is 68.5. The van der Waals surface area contributed by atoms with Gasteiger partial charge in [-0.1, -0.05) is 6.58 Å². The highest BCUT2D eigenvalue weighted by atomic mass is 16.6. The molecule has 0 bridgehead atoms. The number of unbranched alkanes of at least 4 members (excludes halogenated alkanes) is 2. The third kappa shape index (κ3) is 24.3. The van der Waals surface area contributed by atoms with Crippen molar-refractivity contribution in [3.63, 3.8) is 0 Å². The lowest BCUT2D eigenvalue weighted by molar-refractivity contribution is -0.152. The van der Waals surface area contributed by atoms with Crippen molar-refractivity contribution in [3.05, 3.63) is 60.2 Å². The first-order chi connectivity index (χ1) is 41.1. The second-order valence-corrected chi connectivity index (χ2v) is 20.6. The first-order valence-corrected chi connectivity index (χ1v) is 29.0. The molecule has 0 radical (unpaired) electrons. The van der Waals surface area contributed by atoms with Crippen LogP contribution in [0.25, 0.3) is 0 Å². The van der Waals surface area contributed by atoms with Gasteiger partial charge in [0.1, 0.15) is 47.3 Å². The molecule has 0 spiro atoms. The number of hydrogen-bond acceptors (Lipinski definition) is 24. The molecule has 3 aliphatic rings. The highest BCUT2D eigenvalue weighted by molar-refractivity contribution is 5.95. The molecule has 0 amide bonds. The van der Waals surface area contributed by atoms with Gasteiger partial charge in [-0.3, -0.25) is 33.6 Å². The van der Waals surface area contributed by atoms with Crippen molar-refractivity contribution in [1.82, 2.24) is 0 Å². The van der Waals surface area contributed by atoms with Crippen molar-refractivity contribution in [2.24, 2.45) is 35.5 Å². The van der Waals surface area contributed by atoms with Crippen molar-refractivity contribution in [3.8, 4) is 23.0 Å². The van der Waals surface area contributed by atoms with E-state index in [0.717, 1.165) is 6.08 Å². The second kappa shape index (κ2) is 37.9. The van der Waals surface area contributed by atoms with Crippen molar-refractivity contribution in [1.29, 1.82) is 0 Å². The Hall–Kier alpha value is -7.28. The maximum absolute atomic E-state index is 13.8. The minimum Gasteiger partial charge on any atom is -0.466 e. The van der Waals surface area contributed by atoms with Gasteiger partial charge in [0.15, 0.2) is 0 Å². The number of rotatable bonds is 35. The maximum atomic E-state index is 13.8. The molecule has 0 aromatic heterocycles. The molecule has 0 heterocycles. The molecular weight excluding hydrogens is 1120 g/mol. The highest BCUT2D eigenvalue weighted by Crippen LogP contribution is 2.37. The van der Waals surface area contributed by atoms with Gasteiger partial charge in [-0.15, -0.1) is 0 Å². The van der Waals surface area contributed by atoms with Gasteiger partial charge in [0, 0.05) is 27.2 Å². The Morgan fingerprint density at radius 1 is 0.388 bits per heavy atom. The van der Waals surface area contributed by atoms with Gasteiger partial charge in [-0.05, 0) is 139 Å². The average molecular weight is 1200 g/mol. The summed E-state index contributed by atoms with van der Waals surface area (Å²) < 4.78 is 75.3. The normalized spacial score (nSPS) is 19.2. The zero-order valence-electron chi connectivity index (χ0n) is 48.8. The molecule has 3 fully saturated rings. The van der Waals surface area contributed by atoms with E-state index in [4.69, 9.17) is 66.3 Å². The van der Waals surface area contributed by atoms with Gasteiger partial charge < -0.3 is 66.3 Å². The molecule has 85 heavy (non-hydrogen) atoms. The lowest BCUT2D eigenvalue weighted by Gasteiger charge is -2.26. The summed E-state index contributed by atoms with van der Waals surface area (Å²) in [4.78, 5) is 129. The third-order valence-electron chi connectivity index (χ3n) is 14.4. The van der Waals surface area contributed by atoms with Gasteiger partial charge in [0.25, 0.3) is 0 Å². The fourth-order valence-electron chi connectivity index (χ4n) is 9.59. The third-order valence-corrected chi connectivity index (χ3v) is 14.4. The van der Waals surface area contributed by atoms with Gasteiger partial charge in [-0.25, -0.2) is 14.4 Å². The molecule has 3 saturated carbocycles. The van der Waals surface area contributed by atoms with Gasteiger partial charge in [-0.2, -0.15) is 0 Å². The predicted octanol–water partition coefficient (Wildman–Crippen LogP) is 7.01.